The van der Waals surface area contributed by atoms with E-state index in [4.69, 9.17) is 5.73 Å². The summed E-state index contributed by atoms with van der Waals surface area (Å²) in [5.74, 6) is 1.47. The predicted molar refractivity (Wildman–Crippen MR) is 89.1 cm³/mol. The van der Waals surface area contributed by atoms with Crippen LogP contribution >= 0.6 is 11.8 Å². The molecule has 106 valence electrons. The molecular formula is C18H23NS. The van der Waals surface area contributed by atoms with Gasteiger partial charge in [0.25, 0.3) is 0 Å². The number of rotatable bonds is 2. The van der Waals surface area contributed by atoms with Crippen LogP contribution in [0.25, 0.3) is 10.8 Å². The molecule has 1 nitrogen and oxygen atoms in total. The normalized spacial score (nSPS) is 30.6. The Bertz CT molecular complexity index is 583. The van der Waals surface area contributed by atoms with Gasteiger partial charge in [-0.15, -0.1) is 11.8 Å². The van der Waals surface area contributed by atoms with Crippen molar-refractivity contribution in [3.05, 3.63) is 42.5 Å². The number of thioether (sulfide) groups is 1. The van der Waals surface area contributed by atoms with E-state index in [1.807, 2.05) is 11.8 Å². The van der Waals surface area contributed by atoms with E-state index in [1.54, 1.807) is 0 Å². The maximum Gasteiger partial charge on any atom is 0.0272 e. The molecule has 1 aliphatic carbocycles. The van der Waals surface area contributed by atoms with Crippen LogP contribution in [0, 0.1) is 11.8 Å². The predicted octanol–water partition coefficient (Wildman–Crippen LogP) is 4.69. The van der Waals surface area contributed by atoms with Crippen molar-refractivity contribution in [2.75, 3.05) is 0 Å². The van der Waals surface area contributed by atoms with Gasteiger partial charge in [-0.25, -0.2) is 0 Å². The summed E-state index contributed by atoms with van der Waals surface area (Å²) in [5.41, 5.74) is 6.40. The summed E-state index contributed by atoms with van der Waals surface area (Å²) in [7, 11) is 0. The van der Waals surface area contributed by atoms with Crippen molar-refractivity contribution < 1.29 is 0 Å². The van der Waals surface area contributed by atoms with Gasteiger partial charge in [0.2, 0.25) is 0 Å². The fourth-order valence-corrected chi connectivity index (χ4v) is 4.77. The Labute approximate surface area is 125 Å². The molecule has 2 N–H and O–H groups in total. The molecule has 20 heavy (non-hydrogen) atoms. The molecule has 1 fully saturated rings. The second-order valence-electron chi connectivity index (χ2n) is 6.31. The molecular weight excluding hydrogens is 262 g/mol. The molecule has 0 bridgehead atoms. The summed E-state index contributed by atoms with van der Waals surface area (Å²) < 4.78 is 0. The lowest BCUT2D eigenvalue weighted by Gasteiger charge is -2.37. The van der Waals surface area contributed by atoms with E-state index in [0.717, 1.165) is 12.3 Å². The van der Waals surface area contributed by atoms with Gasteiger partial charge in [-0.05, 0) is 47.6 Å². The SMILES string of the molecule is CC1CC(C)C(Sc2ccc3ccccc3c2)C(N)C1. The molecule has 0 radical (unpaired) electrons. The molecule has 0 saturated heterocycles. The van der Waals surface area contributed by atoms with Gasteiger partial charge in [0.15, 0.2) is 0 Å². The quantitative estimate of drug-likeness (QED) is 0.866. The van der Waals surface area contributed by atoms with Crippen molar-refractivity contribution in [1.29, 1.82) is 0 Å². The molecule has 2 heteroatoms. The van der Waals surface area contributed by atoms with Gasteiger partial charge in [0.1, 0.15) is 0 Å². The average molecular weight is 285 g/mol. The molecule has 0 spiro atoms. The zero-order valence-electron chi connectivity index (χ0n) is 12.3. The van der Waals surface area contributed by atoms with Crippen molar-refractivity contribution >= 4 is 22.5 Å². The van der Waals surface area contributed by atoms with Crippen LogP contribution in [-0.4, -0.2) is 11.3 Å². The lowest BCUT2D eigenvalue weighted by molar-refractivity contribution is 0.279. The van der Waals surface area contributed by atoms with Gasteiger partial charge in [0.05, 0.1) is 0 Å². The smallest absolute Gasteiger partial charge is 0.0272 e. The van der Waals surface area contributed by atoms with Gasteiger partial charge < -0.3 is 5.73 Å². The highest BCUT2D eigenvalue weighted by Gasteiger charge is 2.32. The molecule has 0 heterocycles. The zero-order valence-corrected chi connectivity index (χ0v) is 13.1. The number of hydrogen-bond acceptors (Lipinski definition) is 2. The van der Waals surface area contributed by atoms with Crippen molar-refractivity contribution in [1.82, 2.24) is 0 Å². The number of hydrogen-bond donors (Lipinski definition) is 1. The minimum absolute atomic E-state index is 0.324. The van der Waals surface area contributed by atoms with Crippen LogP contribution in [0.2, 0.25) is 0 Å². The van der Waals surface area contributed by atoms with Gasteiger partial charge in [0, 0.05) is 16.2 Å². The fourth-order valence-electron chi connectivity index (χ4n) is 3.49. The first-order chi connectivity index (χ1) is 9.63. The second-order valence-corrected chi connectivity index (χ2v) is 7.56. The van der Waals surface area contributed by atoms with Crippen LogP contribution in [-0.2, 0) is 0 Å². The Morgan fingerprint density at radius 1 is 1.00 bits per heavy atom. The van der Waals surface area contributed by atoms with Crippen molar-refractivity contribution in [2.45, 2.75) is 42.9 Å². The van der Waals surface area contributed by atoms with Crippen LogP contribution in [0.4, 0.5) is 0 Å². The first kappa shape index (κ1) is 14.0. The maximum atomic E-state index is 6.40. The minimum Gasteiger partial charge on any atom is -0.327 e. The number of nitrogens with two attached hydrogens (primary N) is 1. The molecule has 2 aromatic rings. The molecule has 4 unspecified atom stereocenters. The summed E-state index contributed by atoms with van der Waals surface area (Å²) in [5, 5.41) is 3.18. The van der Waals surface area contributed by atoms with Crippen LogP contribution in [0.5, 0.6) is 0 Å². The van der Waals surface area contributed by atoms with Crippen LogP contribution < -0.4 is 5.73 Å². The standard InChI is InChI=1S/C18H23NS/c1-12-9-13(2)18(17(19)10-12)20-16-8-7-14-5-3-4-6-15(14)11-16/h3-8,11-13,17-18H,9-10,19H2,1-2H3. The van der Waals surface area contributed by atoms with Gasteiger partial charge in [-0.1, -0.05) is 44.2 Å². The summed E-state index contributed by atoms with van der Waals surface area (Å²) in [4.78, 5) is 1.35. The Kier molecular flexibility index (Phi) is 4.04. The third-order valence-electron chi connectivity index (χ3n) is 4.42. The van der Waals surface area contributed by atoms with Crippen molar-refractivity contribution in [3.63, 3.8) is 0 Å². The van der Waals surface area contributed by atoms with Crippen LogP contribution in [0.3, 0.4) is 0 Å². The first-order valence-corrected chi connectivity index (χ1v) is 8.42. The topological polar surface area (TPSA) is 26.0 Å². The summed E-state index contributed by atoms with van der Waals surface area (Å²) in [6.07, 6.45) is 2.47. The molecule has 4 atom stereocenters. The molecule has 1 saturated carbocycles. The van der Waals surface area contributed by atoms with E-state index in [2.05, 4.69) is 56.3 Å². The number of fused-ring (bicyclic) bond motifs is 1. The molecule has 0 aromatic heterocycles. The fraction of sp³-hybridized carbons (Fsp3) is 0.444. The third kappa shape index (κ3) is 2.87. The lowest BCUT2D eigenvalue weighted by atomic mass is 9.80. The largest absolute Gasteiger partial charge is 0.327 e. The van der Waals surface area contributed by atoms with E-state index in [0.29, 0.717) is 17.2 Å². The van der Waals surface area contributed by atoms with Crippen LogP contribution in [0.15, 0.2) is 47.4 Å². The average Bonchev–Trinajstić information content (AvgIpc) is 2.42. The zero-order chi connectivity index (χ0) is 14.1. The Hall–Kier alpha value is -0.990. The van der Waals surface area contributed by atoms with E-state index >= 15 is 0 Å². The first-order valence-electron chi connectivity index (χ1n) is 7.54. The van der Waals surface area contributed by atoms with Gasteiger partial charge in [-0.3, -0.25) is 0 Å². The molecule has 3 rings (SSSR count). The molecule has 0 aliphatic heterocycles. The van der Waals surface area contributed by atoms with E-state index in [1.165, 1.54) is 22.1 Å². The van der Waals surface area contributed by atoms with Crippen LogP contribution in [0.1, 0.15) is 26.7 Å². The second kappa shape index (κ2) is 5.79. The minimum atomic E-state index is 0.324. The van der Waals surface area contributed by atoms with E-state index in [-0.39, 0.29) is 0 Å². The Morgan fingerprint density at radius 3 is 2.50 bits per heavy atom. The monoisotopic (exact) mass is 285 g/mol. The Morgan fingerprint density at radius 2 is 1.75 bits per heavy atom. The third-order valence-corrected chi connectivity index (χ3v) is 6.04. The number of benzene rings is 2. The van der Waals surface area contributed by atoms with E-state index in [9.17, 15) is 0 Å². The highest BCUT2D eigenvalue weighted by Crippen LogP contribution is 2.39. The lowest BCUT2D eigenvalue weighted by Crippen LogP contribution is -2.42. The summed E-state index contributed by atoms with van der Waals surface area (Å²) in [6, 6.07) is 15.6. The van der Waals surface area contributed by atoms with Gasteiger partial charge in [-0.2, -0.15) is 0 Å². The van der Waals surface area contributed by atoms with Crippen molar-refractivity contribution in [2.24, 2.45) is 17.6 Å². The Balaban J connectivity index is 1.81. The van der Waals surface area contributed by atoms with Crippen molar-refractivity contribution in [3.8, 4) is 0 Å². The summed E-state index contributed by atoms with van der Waals surface area (Å²) in [6.45, 7) is 4.68. The summed E-state index contributed by atoms with van der Waals surface area (Å²) >= 11 is 1.97. The molecule has 0 amide bonds. The maximum absolute atomic E-state index is 6.40. The highest BCUT2D eigenvalue weighted by atomic mass is 32.2. The van der Waals surface area contributed by atoms with Gasteiger partial charge >= 0.3 is 0 Å². The highest BCUT2D eigenvalue weighted by molar-refractivity contribution is 8.00. The van der Waals surface area contributed by atoms with E-state index < -0.39 is 0 Å². The molecule has 2 aromatic carbocycles. The molecule has 1 aliphatic rings.